The van der Waals surface area contributed by atoms with Gasteiger partial charge in [-0.15, -0.1) is 11.3 Å². The van der Waals surface area contributed by atoms with Crippen LogP contribution in [0.4, 0.5) is 0 Å². The summed E-state index contributed by atoms with van der Waals surface area (Å²) in [5.74, 6) is -0.882. The molecule has 0 saturated heterocycles. The van der Waals surface area contributed by atoms with E-state index in [4.69, 9.17) is 5.11 Å². The molecule has 1 atom stereocenters. The van der Waals surface area contributed by atoms with Gasteiger partial charge in [0.05, 0.1) is 0 Å². The van der Waals surface area contributed by atoms with Crippen molar-refractivity contribution in [2.45, 2.75) is 32.7 Å². The molecule has 3 nitrogen and oxygen atoms in total. The summed E-state index contributed by atoms with van der Waals surface area (Å²) in [7, 11) is 0. The predicted octanol–water partition coefficient (Wildman–Crippen LogP) is 3.21. The summed E-state index contributed by atoms with van der Waals surface area (Å²) in [4.78, 5) is 11.8. The van der Waals surface area contributed by atoms with Crippen molar-refractivity contribution in [1.82, 2.24) is 5.32 Å². The van der Waals surface area contributed by atoms with Crippen LogP contribution in [0.3, 0.4) is 0 Å². The van der Waals surface area contributed by atoms with Crippen LogP contribution in [-0.4, -0.2) is 17.6 Å². The normalized spacial score (nSPS) is 13.6. The first-order valence-electron chi connectivity index (χ1n) is 5.80. The maximum absolute atomic E-state index is 10.5. The van der Waals surface area contributed by atoms with E-state index in [1.165, 1.54) is 11.0 Å². The molecule has 17 heavy (non-hydrogen) atoms. The van der Waals surface area contributed by atoms with Gasteiger partial charge in [0.15, 0.2) is 0 Å². The Bertz CT molecular complexity index is 371. The second kappa shape index (κ2) is 7.25. The summed E-state index contributed by atoms with van der Waals surface area (Å²) in [6.07, 6.45) is 3.43. The lowest BCUT2D eigenvalue weighted by Crippen LogP contribution is -2.22. The molecule has 0 amide bonds. The summed E-state index contributed by atoms with van der Waals surface area (Å²) in [5.41, 5.74) is 0.843. The lowest BCUT2D eigenvalue weighted by molar-refractivity contribution is -0.131. The van der Waals surface area contributed by atoms with Gasteiger partial charge in [-0.1, -0.05) is 25.0 Å². The summed E-state index contributed by atoms with van der Waals surface area (Å²) < 4.78 is 0. The molecule has 0 bridgehead atoms. The monoisotopic (exact) mass is 253 g/mol. The zero-order chi connectivity index (χ0) is 12.7. The SMILES string of the molecule is CCCC(NC/C(C)=C/C(=O)O)c1cccs1. The van der Waals surface area contributed by atoms with E-state index in [1.807, 2.05) is 13.0 Å². The Morgan fingerprint density at radius 1 is 1.65 bits per heavy atom. The van der Waals surface area contributed by atoms with Crippen LogP contribution in [0.1, 0.15) is 37.6 Å². The average molecular weight is 253 g/mol. The van der Waals surface area contributed by atoms with Gasteiger partial charge < -0.3 is 10.4 Å². The van der Waals surface area contributed by atoms with E-state index in [0.29, 0.717) is 12.6 Å². The maximum atomic E-state index is 10.5. The number of hydrogen-bond donors (Lipinski definition) is 2. The second-order valence-corrected chi connectivity index (χ2v) is 5.05. The van der Waals surface area contributed by atoms with Crippen molar-refractivity contribution < 1.29 is 9.90 Å². The minimum absolute atomic E-state index is 0.331. The van der Waals surface area contributed by atoms with Crippen LogP contribution in [0.5, 0.6) is 0 Å². The lowest BCUT2D eigenvalue weighted by Gasteiger charge is -2.16. The first kappa shape index (κ1) is 13.9. The van der Waals surface area contributed by atoms with Crippen molar-refractivity contribution in [3.8, 4) is 0 Å². The van der Waals surface area contributed by atoms with Crippen molar-refractivity contribution >= 4 is 17.3 Å². The first-order valence-corrected chi connectivity index (χ1v) is 6.68. The van der Waals surface area contributed by atoms with Gasteiger partial charge in [0.1, 0.15) is 0 Å². The Labute approximate surface area is 106 Å². The van der Waals surface area contributed by atoms with Gasteiger partial charge in [-0.2, -0.15) is 0 Å². The van der Waals surface area contributed by atoms with E-state index in [1.54, 1.807) is 11.3 Å². The van der Waals surface area contributed by atoms with Crippen molar-refractivity contribution in [2.24, 2.45) is 0 Å². The fraction of sp³-hybridized carbons (Fsp3) is 0.462. The molecule has 1 unspecified atom stereocenters. The highest BCUT2D eigenvalue weighted by atomic mass is 32.1. The summed E-state index contributed by atoms with van der Waals surface area (Å²) in [5, 5.41) is 14.1. The van der Waals surface area contributed by atoms with Crippen LogP contribution < -0.4 is 5.32 Å². The molecule has 1 aromatic heterocycles. The van der Waals surface area contributed by atoms with Crippen molar-refractivity contribution in [3.63, 3.8) is 0 Å². The van der Waals surface area contributed by atoms with Gasteiger partial charge >= 0.3 is 5.97 Å². The van der Waals surface area contributed by atoms with E-state index >= 15 is 0 Å². The minimum Gasteiger partial charge on any atom is -0.478 e. The number of hydrogen-bond acceptors (Lipinski definition) is 3. The molecule has 94 valence electrons. The molecular formula is C13H19NO2S. The van der Waals surface area contributed by atoms with Gasteiger partial charge in [-0.25, -0.2) is 4.79 Å². The van der Waals surface area contributed by atoms with Gasteiger partial charge in [-0.05, 0) is 24.8 Å². The largest absolute Gasteiger partial charge is 0.478 e. The highest BCUT2D eigenvalue weighted by molar-refractivity contribution is 7.10. The summed E-state index contributed by atoms with van der Waals surface area (Å²) in [6.45, 7) is 4.61. The van der Waals surface area contributed by atoms with Crippen LogP contribution >= 0.6 is 11.3 Å². The zero-order valence-electron chi connectivity index (χ0n) is 10.3. The number of thiophene rings is 1. The van der Waals surface area contributed by atoms with Gasteiger partial charge in [0, 0.05) is 23.5 Å². The predicted molar refractivity (Wildman–Crippen MR) is 71.4 cm³/mol. The van der Waals surface area contributed by atoms with E-state index in [-0.39, 0.29) is 0 Å². The van der Waals surface area contributed by atoms with Crippen LogP contribution in [0.15, 0.2) is 29.2 Å². The second-order valence-electron chi connectivity index (χ2n) is 4.07. The number of carboxylic acids is 1. The Balaban J connectivity index is 2.54. The molecule has 0 spiro atoms. The average Bonchev–Trinajstić information content (AvgIpc) is 2.76. The van der Waals surface area contributed by atoms with Gasteiger partial charge in [-0.3, -0.25) is 0 Å². The fourth-order valence-electron chi connectivity index (χ4n) is 1.67. The molecule has 0 radical (unpaired) electrons. The molecular weight excluding hydrogens is 234 g/mol. The maximum Gasteiger partial charge on any atom is 0.328 e. The third-order valence-corrected chi connectivity index (χ3v) is 3.45. The van der Waals surface area contributed by atoms with E-state index in [2.05, 4.69) is 23.7 Å². The van der Waals surface area contributed by atoms with Gasteiger partial charge in [0.2, 0.25) is 0 Å². The van der Waals surface area contributed by atoms with E-state index in [0.717, 1.165) is 18.4 Å². The quantitative estimate of drug-likeness (QED) is 0.734. The summed E-state index contributed by atoms with van der Waals surface area (Å²) >= 11 is 1.74. The highest BCUT2D eigenvalue weighted by Crippen LogP contribution is 2.23. The van der Waals surface area contributed by atoms with Crippen molar-refractivity contribution in [2.75, 3.05) is 6.54 Å². The number of carbonyl (C=O) groups is 1. The molecule has 2 N–H and O–H groups in total. The molecule has 0 saturated carbocycles. The highest BCUT2D eigenvalue weighted by Gasteiger charge is 2.10. The Morgan fingerprint density at radius 3 is 2.94 bits per heavy atom. The van der Waals surface area contributed by atoms with Gasteiger partial charge in [0.25, 0.3) is 0 Å². The van der Waals surface area contributed by atoms with E-state index in [9.17, 15) is 4.79 Å². The first-order chi connectivity index (χ1) is 8.13. The smallest absolute Gasteiger partial charge is 0.328 e. The molecule has 1 heterocycles. The third kappa shape index (κ3) is 5.15. The van der Waals surface area contributed by atoms with Crippen LogP contribution in [-0.2, 0) is 4.79 Å². The molecule has 4 heteroatoms. The third-order valence-electron chi connectivity index (χ3n) is 2.46. The molecule has 1 aromatic rings. The topological polar surface area (TPSA) is 49.3 Å². The standard InChI is InChI=1S/C13H19NO2S/c1-3-5-11(12-6-4-7-17-12)14-9-10(2)8-13(15)16/h4,6-8,11,14H,3,5,9H2,1-2H3,(H,15,16)/b10-8+. The molecule has 1 rings (SSSR count). The fourth-order valence-corrected chi connectivity index (χ4v) is 2.51. The molecule has 0 fully saturated rings. The van der Waals surface area contributed by atoms with Crippen LogP contribution in [0.25, 0.3) is 0 Å². The summed E-state index contributed by atoms with van der Waals surface area (Å²) in [6, 6.07) is 4.50. The lowest BCUT2D eigenvalue weighted by atomic mass is 10.1. The number of carboxylic acid groups (broad SMARTS) is 1. The van der Waals surface area contributed by atoms with E-state index < -0.39 is 5.97 Å². The Hall–Kier alpha value is -1.13. The Morgan fingerprint density at radius 2 is 2.41 bits per heavy atom. The Kier molecular flexibility index (Phi) is 5.94. The molecule has 0 aliphatic rings. The molecule has 0 aliphatic carbocycles. The molecule has 0 aromatic carbocycles. The van der Waals surface area contributed by atoms with Crippen LogP contribution in [0, 0.1) is 0 Å². The number of nitrogens with one attached hydrogen (secondary N) is 1. The zero-order valence-corrected chi connectivity index (χ0v) is 11.1. The van der Waals surface area contributed by atoms with Crippen molar-refractivity contribution in [1.29, 1.82) is 0 Å². The minimum atomic E-state index is -0.882. The van der Waals surface area contributed by atoms with Crippen LogP contribution in [0.2, 0.25) is 0 Å². The number of aliphatic carboxylic acids is 1. The van der Waals surface area contributed by atoms with Crippen molar-refractivity contribution in [3.05, 3.63) is 34.0 Å². The molecule has 0 aliphatic heterocycles. The number of rotatable bonds is 7.